The molecule has 0 radical (unpaired) electrons. The largest absolute Gasteiger partial charge is 0.416 e. The monoisotopic (exact) mass is 374 g/mol. The fraction of sp³-hybridized carbons (Fsp3) is 0.455. The molecule has 1 heterocycles. The number of halogens is 3. The molecule has 2 aliphatic rings. The Labute approximate surface area is 158 Å². The maximum atomic E-state index is 13.7. The molecule has 4 rings (SSSR count). The van der Waals surface area contributed by atoms with Crippen molar-refractivity contribution in [2.24, 2.45) is 5.92 Å². The van der Waals surface area contributed by atoms with Crippen LogP contribution < -0.4 is 10.6 Å². The Morgan fingerprint density at radius 3 is 2.41 bits per heavy atom. The highest BCUT2D eigenvalue weighted by atomic mass is 19.4. The van der Waals surface area contributed by atoms with Crippen molar-refractivity contribution in [1.29, 1.82) is 0 Å². The second kappa shape index (κ2) is 7.64. The van der Waals surface area contributed by atoms with Crippen LogP contribution in [-0.4, -0.2) is 25.7 Å². The zero-order valence-electron chi connectivity index (χ0n) is 15.2. The molecule has 2 fully saturated rings. The minimum absolute atomic E-state index is 0.0341. The van der Waals surface area contributed by atoms with E-state index in [4.69, 9.17) is 0 Å². The number of hydrogen-bond donors (Lipinski definition) is 2. The van der Waals surface area contributed by atoms with E-state index in [-0.39, 0.29) is 12.0 Å². The molecule has 2 unspecified atom stereocenters. The van der Waals surface area contributed by atoms with Crippen LogP contribution in [0.15, 0.2) is 48.5 Å². The number of nitrogens with one attached hydrogen (secondary N) is 2. The van der Waals surface area contributed by atoms with Gasteiger partial charge in [0.1, 0.15) is 0 Å². The quantitative estimate of drug-likeness (QED) is 0.784. The molecule has 144 valence electrons. The topological polar surface area (TPSA) is 24.1 Å². The molecule has 2 nitrogen and oxygen atoms in total. The van der Waals surface area contributed by atoms with E-state index in [2.05, 4.69) is 10.6 Å². The van der Waals surface area contributed by atoms with Crippen molar-refractivity contribution in [2.45, 2.75) is 37.4 Å². The molecule has 2 aromatic carbocycles. The van der Waals surface area contributed by atoms with Gasteiger partial charge in [-0.05, 0) is 67.6 Å². The summed E-state index contributed by atoms with van der Waals surface area (Å²) < 4.78 is 41.1. The Balaban J connectivity index is 1.49. The van der Waals surface area contributed by atoms with Crippen molar-refractivity contribution in [2.75, 3.05) is 19.6 Å². The van der Waals surface area contributed by atoms with Crippen LogP contribution in [0.2, 0.25) is 0 Å². The predicted molar refractivity (Wildman–Crippen MR) is 102 cm³/mol. The lowest BCUT2D eigenvalue weighted by atomic mass is 9.96. The zero-order chi connectivity index (χ0) is 18.9. The number of rotatable bonds is 5. The molecule has 1 aliphatic heterocycles. The van der Waals surface area contributed by atoms with E-state index in [1.165, 1.54) is 6.07 Å². The minimum atomic E-state index is -4.33. The molecular weight excluding hydrogens is 349 g/mol. The summed E-state index contributed by atoms with van der Waals surface area (Å²) in [7, 11) is 0. The minimum Gasteiger partial charge on any atom is -0.317 e. The van der Waals surface area contributed by atoms with Gasteiger partial charge < -0.3 is 10.6 Å². The van der Waals surface area contributed by atoms with Crippen LogP contribution in [0.4, 0.5) is 13.2 Å². The van der Waals surface area contributed by atoms with Gasteiger partial charge in [-0.2, -0.15) is 13.2 Å². The Morgan fingerprint density at radius 1 is 0.963 bits per heavy atom. The van der Waals surface area contributed by atoms with Crippen molar-refractivity contribution in [3.8, 4) is 11.1 Å². The number of alkyl halides is 3. The highest BCUT2D eigenvalue weighted by Gasteiger charge is 2.44. The van der Waals surface area contributed by atoms with Gasteiger partial charge in [-0.15, -0.1) is 0 Å². The smallest absolute Gasteiger partial charge is 0.317 e. The van der Waals surface area contributed by atoms with E-state index in [0.717, 1.165) is 44.5 Å². The van der Waals surface area contributed by atoms with Gasteiger partial charge in [0.2, 0.25) is 0 Å². The van der Waals surface area contributed by atoms with Crippen molar-refractivity contribution in [1.82, 2.24) is 10.6 Å². The first kappa shape index (κ1) is 18.5. The van der Waals surface area contributed by atoms with E-state index in [0.29, 0.717) is 17.0 Å². The fourth-order valence-electron chi connectivity index (χ4n) is 4.10. The highest BCUT2D eigenvalue weighted by Crippen LogP contribution is 2.47. The molecule has 0 bridgehead atoms. The molecule has 0 aromatic heterocycles. The van der Waals surface area contributed by atoms with Gasteiger partial charge in [-0.25, -0.2) is 0 Å². The van der Waals surface area contributed by atoms with Gasteiger partial charge >= 0.3 is 6.18 Å². The van der Waals surface area contributed by atoms with E-state index < -0.39 is 11.7 Å². The fourth-order valence-corrected chi connectivity index (χ4v) is 4.10. The van der Waals surface area contributed by atoms with Gasteiger partial charge in [-0.1, -0.05) is 42.5 Å². The van der Waals surface area contributed by atoms with E-state index in [1.807, 2.05) is 36.4 Å². The lowest BCUT2D eigenvalue weighted by Crippen LogP contribution is -2.34. The normalized spacial score (nSPS) is 23.4. The van der Waals surface area contributed by atoms with Crippen molar-refractivity contribution in [3.05, 3.63) is 59.7 Å². The number of piperidine rings is 1. The number of benzene rings is 2. The molecule has 1 saturated carbocycles. The zero-order valence-corrected chi connectivity index (χ0v) is 15.2. The summed E-state index contributed by atoms with van der Waals surface area (Å²) in [5.41, 5.74) is 1.38. The Hall–Kier alpha value is -1.85. The maximum absolute atomic E-state index is 13.7. The van der Waals surface area contributed by atoms with Gasteiger partial charge in [-0.3, -0.25) is 0 Å². The summed E-state index contributed by atoms with van der Waals surface area (Å²) in [6, 6.07) is 14.2. The van der Waals surface area contributed by atoms with Crippen LogP contribution in [0.3, 0.4) is 0 Å². The van der Waals surface area contributed by atoms with Crippen LogP contribution in [0.5, 0.6) is 0 Å². The summed E-state index contributed by atoms with van der Waals surface area (Å²) in [6.45, 7) is 2.99. The summed E-state index contributed by atoms with van der Waals surface area (Å²) in [4.78, 5) is 0. The van der Waals surface area contributed by atoms with Crippen LogP contribution in [0.25, 0.3) is 11.1 Å². The first-order valence-corrected chi connectivity index (χ1v) is 9.73. The summed E-state index contributed by atoms with van der Waals surface area (Å²) in [5.74, 6) is 0.600. The molecule has 27 heavy (non-hydrogen) atoms. The van der Waals surface area contributed by atoms with Crippen molar-refractivity contribution < 1.29 is 13.2 Å². The predicted octanol–water partition coefficient (Wildman–Crippen LogP) is 4.82. The average molecular weight is 374 g/mol. The summed E-state index contributed by atoms with van der Waals surface area (Å²) in [5, 5.41) is 6.85. The van der Waals surface area contributed by atoms with E-state index in [9.17, 15) is 13.2 Å². The van der Waals surface area contributed by atoms with Gasteiger partial charge in [0.25, 0.3) is 0 Å². The first-order chi connectivity index (χ1) is 13.0. The summed E-state index contributed by atoms with van der Waals surface area (Å²) >= 11 is 0. The van der Waals surface area contributed by atoms with E-state index >= 15 is 0 Å². The highest BCUT2D eigenvalue weighted by molar-refractivity contribution is 5.65. The Morgan fingerprint density at radius 2 is 1.70 bits per heavy atom. The molecule has 2 aromatic rings. The lowest BCUT2D eigenvalue weighted by molar-refractivity contribution is -0.138. The second-order valence-electron chi connectivity index (χ2n) is 7.72. The third-order valence-electron chi connectivity index (χ3n) is 5.78. The van der Waals surface area contributed by atoms with Crippen LogP contribution in [0, 0.1) is 5.92 Å². The second-order valence-corrected chi connectivity index (χ2v) is 7.72. The molecule has 2 N–H and O–H groups in total. The van der Waals surface area contributed by atoms with Gasteiger partial charge in [0.15, 0.2) is 0 Å². The van der Waals surface area contributed by atoms with Gasteiger partial charge in [0.05, 0.1) is 5.56 Å². The third-order valence-corrected chi connectivity index (χ3v) is 5.78. The number of hydrogen-bond acceptors (Lipinski definition) is 2. The first-order valence-electron chi connectivity index (χ1n) is 9.73. The SMILES string of the molecule is FC(F)(F)c1cc(-c2ccccc2)ccc1C1CC1NCC1CCNCC1. The van der Waals surface area contributed by atoms with Crippen LogP contribution in [-0.2, 0) is 6.18 Å². The standard InChI is InChI=1S/C22H25F3N2/c23-22(24,25)20-12-17(16-4-2-1-3-5-16)6-7-18(20)19-13-21(19)27-14-15-8-10-26-11-9-15/h1-7,12,15,19,21,26-27H,8-11,13-14H2. The van der Waals surface area contributed by atoms with E-state index in [1.54, 1.807) is 6.07 Å². The lowest BCUT2D eigenvalue weighted by Gasteiger charge is -2.23. The molecule has 0 amide bonds. The summed E-state index contributed by atoms with van der Waals surface area (Å²) in [6.07, 6.45) is -1.26. The van der Waals surface area contributed by atoms with Crippen molar-refractivity contribution >= 4 is 0 Å². The Kier molecular flexibility index (Phi) is 5.24. The van der Waals surface area contributed by atoms with Crippen LogP contribution >= 0.6 is 0 Å². The van der Waals surface area contributed by atoms with Crippen LogP contribution in [0.1, 0.15) is 36.3 Å². The third kappa shape index (κ3) is 4.36. The van der Waals surface area contributed by atoms with Gasteiger partial charge in [0, 0.05) is 12.0 Å². The molecule has 5 heteroatoms. The Bertz CT molecular complexity index is 767. The van der Waals surface area contributed by atoms with Crippen molar-refractivity contribution in [3.63, 3.8) is 0 Å². The average Bonchev–Trinajstić information content (AvgIpc) is 3.46. The molecule has 2 atom stereocenters. The molecular formula is C22H25F3N2. The molecule has 1 aliphatic carbocycles. The molecule has 0 spiro atoms. The maximum Gasteiger partial charge on any atom is 0.416 e. The molecule has 1 saturated heterocycles.